The summed E-state index contributed by atoms with van der Waals surface area (Å²) in [5.74, 6) is 0.852. The van der Waals surface area contributed by atoms with Gasteiger partial charge in [-0.15, -0.1) is 0 Å². The quantitative estimate of drug-likeness (QED) is 0.0346. The first-order valence-corrected chi connectivity index (χ1v) is 25.3. The Morgan fingerprint density at radius 3 is 1.00 bits per heavy atom. The van der Waals surface area contributed by atoms with Gasteiger partial charge < -0.3 is 14.2 Å². The average Bonchev–Trinajstić information content (AvgIpc) is 3.19. The molecule has 6 nitrogen and oxygen atoms in total. The van der Waals surface area contributed by atoms with Gasteiger partial charge in [0.2, 0.25) is 0 Å². The van der Waals surface area contributed by atoms with Crippen molar-refractivity contribution in [2.45, 2.75) is 285 Å². The van der Waals surface area contributed by atoms with Crippen LogP contribution in [-0.4, -0.2) is 37.2 Å². The lowest BCUT2D eigenvalue weighted by Crippen LogP contribution is -2.30. The molecule has 0 saturated carbocycles. The Labute approximate surface area is 355 Å². The van der Waals surface area contributed by atoms with Gasteiger partial charge in [0.1, 0.15) is 13.2 Å². The van der Waals surface area contributed by atoms with Gasteiger partial charge in [0.15, 0.2) is 6.10 Å². The second-order valence-electron chi connectivity index (χ2n) is 18.2. The first kappa shape index (κ1) is 55.4. The molecule has 0 radical (unpaired) electrons. The molecule has 6 heteroatoms. The fourth-order valence-electron chi connectivity index (χ4n) is 7.60. The molecule has 0 aliphatic carbocycles. The molecule has 0 bridgehead atoms. The maximum absolute atomic E-state index is 12.5. The van der Waals surface area contributed by atoms with E-state index >= 15 is 0 Å². The van der Waals surface area contributed by atoms with Crippen molar-refractivity contribution >= 4 is 17.9 Å². The molecule has 0 rings (SSSR count). The summed E-state index contributed by atoms with van der Waals surface area (Å²) in [6, 6.07) is 0. The van der Waals surface area contributed by atoms with Crippen LogP contribution in [0.4, 0.5) is 0 Å². The predicted octanol–water partition coefficient (Wildman–Crippen LogP) is 16.1. The van der Waals surface area contributed by atoms with Crippen LogP contribution in [0.2, 0.25) is 0 Å². The minimum Gasteiger partial charge on any atom is -0.462 e. The molecule has 338 valence electrons. The molecule has 0 N–H and O–H groups in total. The van der Waals surface area contributed by atoms with Gasteiger partial charge in [0.25, 0.3) is 0 Å². The van der Waals surface area contributed by atoms with E-state index in [1.54, 1.807) is 0 Å². The third kappa shape index (κ3) is 43.8. The molecule has 0 fully saturated rings. The topological polar surface area (TPSA) is 78.9 Å². The van der Waals surface area contributed by atoms with Gasteiger partial charge in [-0.25, -0.2) is 0 Å². The zero-order chi connectivity index (χ0) is 41.9. The number of carbonyl (C=O) groups excluding carboxylic acids is 3. The van der Waals surface area contributed by atoms with Gasteiger partial charge in [-0.05, 0) is 31.1 Å². The van der Waals surface area contributed by atoms with Crippen molar-refractivity contribution in [3.05, 3.63) is 0 Å². The van der Waals surface area contributed by atoms with Crippen molar-refractivity contribution in [3.8, 4) is 0 Å². The Hall–Kier alpha value is -1.59. The highest BCUT2D eigenvalue weighted by molar-refractivity contribution is 5.71. The Morgan fingerprint density at radius 2 is 0.667 bits per heavy atom. The van der Waals surface area contributed by atoms with Crippen molar-refractivity contribution in [3.63, 3.8) is 0 Å². The number of hydrogen-bond donors (Lipinski definition) is 0. The number of ether oxygens (including phenoxy) is 3. The molecule has 57 heavy (non-hydrogen) atoms. The van der Waals surface area contributed by atoms with E-state index in [9.17, 15) is 14.4 Å². The van der Waals surface area contributed by atoms with Crippen LogP contribution in [-0.2, 0) is 28.6 Å². The summed E-state index contributed by atoms with van der Waals surface area (Å²) in [7, 11) is 0. The monoisotopic (exact) mass is 807 g/mol. The minimum atomic E-state index is -0.759. The fourth-order valence-corrected chi connectivity index (χ4v) is 7.60. The van der Waals surface area contributed by atoms with Crippen molar-refractivity contribution in [1.82, 2.24) is 0 Å². The van der Waals surface area contributed by atoms with Crippen LogP contribution in [0.3, 0.4) is 0 Å². The van der Waals surface area contributed by atoms with Crippen molar-refractivity contribution < 1.29 is 28.6 Å². The number of carbonyl (C=O) groups is 3. The van der Waals surface area contributed by atoms with Crippen LogP contribution in [0.25, 0.3) is 0 Å². The first-order chi connectivity index (χ1) is 27.8. The summed E-state index contributed by atoms with van der Waals surface area (Å²) in [4.78, 5) is 37.5. The fraction of sp³-hybridized carbons (Fsp3) is 0.941. The van der Waals surface area contributed by atoms with Gasteiger partial charge in [-0.2, -0.15) is 0 Å². The molecule has 0 amide bonds. The van der Waals surface area contributed by atoms with Gasteiger partial charge in [0.05, 0.1) is 0 Å². The van der Waals surface area contributed by atoms with Gasteiger partial charge >= 0.3 is 17.9 Å². The Morgan fingerprint density at radius 1 is 0.368 bits per heavy atom. The van der Waals surface area contributed by atoms with Crippen LogP contribution in [0.1, 0.15) is 279 Å². The van der Waals surface area contributed by atoms with Crippen molar-refractivity contribution in [2.75, 3.05) is 13.2 Å². The van der Waals surface area contributed by atoms with E-state index in [-0.39, 0.29) is 31.1 Å². The van der Waals surface area contributed by atoms with Crippen molar-refractivity contribution in [1.29, 1.82) is 0 Å². The number of esters is 3. The largest absolute Gasteiger partial charge is 0.462 e. The van der Waals surface area contributed by atoms with Crippen LogP contribution in [0.5, 0.6) is 0 Å². The Bertz CT molecular complexity index is 872. The normalized spacial score (nSPS) is 12.5. The number of unbranched alkanes of at least 4 members (excludes halogenated alkanes) is 29. The molecule has 0 aliphatic rings. The molecule has 0 saturated heterocycles. The highest BCUT2D eigenvalue weighted by Gasteiger charge is 2.19. The van der Waals surface area contributed by atoms with Crippen LogP contribution < -0.4 is 0 Å². The average molecular weight is 807 g/mol. The van der Waals surface area contributed by atoms with E-state index in [4.69, 9.17) is 14.2 Å². The lowest BCUT2D eigenvalue weighted by Gasteiger charge is -2.18. The predicted molar refractivity (Wildman–Crippen MR) is 243 cm³/mol. The van der Waals surface area contributed by atoms with Crippen molar-refractivity contribution in [2.24, 2.45) is 11.8 Å². The first-order valence-electron chi connectivity index (χ1n) is 25.3. The lowest BCUT2D eigenvalue weighted by atomic mass is 9.99. The summed E-state index contributed by atoms with van der Waals surface area (Å²) in [5.41, 5.74) is 0. The van der Waals surface area contributed by atoms with E-state index in [2.05, 4.69) is 34.6 Å². The van der Waals surface area contributed by atoms with E-state index in [1.165, 1.54) is 161 Å². The third-order valence-electron chi connectivity index (χ3n) is 11.8. The summed E-state index contributed by atoms with van der Waals surface area (Å²) in [5, 5.41) is 0. The highest BCUT2D eigenvalue weighted by Crippen LogP contribution is 2.18. The lowest BCUT2D eigenvalue weighted by molar-refractivity contribution is -0.167. The zero-order valence-electron chi connectivity index (χ0n) is 39.0. The van der Waals surface area contributed by atoms with Gasteiger partial charge in [0, 0.05) is 19.3 Å². The molecule has 0 heterocycles. The van der Waals surface area contributed by atoms with Gasteiger partial charge in [-0.1, -0.05) is 240 Å². The molecular formula is C51H98O6. The Balaban J connectivity index is 4.01. The van der Waals surface area contributed by atoms with Crippen LogP contribution >= 0.6 is 0 Å². The SMILES string of the molecule is CCCCCCCC(=O)O[C@H](COC(=O)CCCCCCCCCCCCCCCCCCCCC(C)CC)COC(=O)CCCCCCCCCCCC(C)C. The summed E-state index contributed by atoms with van der Waals surface area (Å²) >= 11 is 0. The molecule has 0 aliphatic heterocycles. The van der Waals surface area contributed by atoms with E-state index in [0.717, 1.165) is 76.0 Å². The van der Waals surface area contributed by atoms with E-state index in [1.807, 2.05) is 0 Å². The zero-order valence-corrected chi connectivity index (χ0v) is 39.0. The second-order valence-corrected chi connectivity index (χ2v) is 18.2. The molecular weight excluding hydrogens is 709 g/mol. The number of rotatable bonds is 45. The molecule has 1 unspecified atom stereocenters. The Kier molecular flexibility index (Phi) is 42.7. The highest BCUT2D eigenvalue weighted by atomic mass is 16.6. The molecule has 0 aromatic rings. The maximum Gasteiger partial charge on any atom is 0.306 e. The summed E-state index contributed by atoms with van der Waals surface area (Å²) in [6.45, 7) is 11.3. The summed E-state index contributed by atoms with van der Waals surface area (Å²) < 4.78 is 16.6. The van der Waals surface area contributed by atoms with Crippen LogP contribution in [0.15, 0.2) is 0 Å². The smallest absolute Gasteiger partial charge is 0.306 e. The maximum atomic E-state index is 12.5. The molecule has 2 atom stereocenters. The molecule has 0 aromatic heterocycles. The summed E-state index contributed by atoms with van der Waals surface area (Å²) in [6.07, 6.45) is 44.1. The molecule has 0 aromatic carbocycles. The van der Waals surface area contributed by atoms with Gasteiger partial charge in [-0.3, -0.25) is 14.4 Å². The molecule has 0 spiro atoms. The van der Waals surface area contributed by atoms with E-state index in [0.29, 0.717) is 19.3 Å². The van der Waals surface area contributed by atoms with E-state index < -0.39 is 6.10 Å². The second kappa shape index (κ2) is 44.0. The van der Waals surface area contributed by atoms with Crippen LogP contribution in [0, 0.1) is 11.8 Å². The third-order valence-corrected chi connectivity index (χ3v) is 11.8. The standard InChI is InChI=1S/C51H98O6/c1-6-8-9-29-38-43-51(54)57-48(45-56-50(53)42-37-33-28-24-20-21-25-30-34-39-46(3)4)44-55-49(52)41-36-32-27-23-19-17-15-13-11-10-12-14-16-18-22-26-31-35-40-47(5)7-2/h46-48H,6-45H2,1-5H3/t47?,48-/m1/s1. The number of hydrogen-bond acceptors (Lipinski definition) is 6. The minimum absolute atomic E-state index is 0.0656.